The van der Waals surface area contributed by atoms with Crippen molar-refractivity contribution < 1.29 is 0 Å². The summed E-state index contributed by atoms with van der Waals surface area (Å²) in [7, 11) is 0. The van der Waals surface area contributed by atoms with Gasteiger partial charge in [-0.2, -0.15) is 0 Å². The first kappa shape index (κ1) is 7.56. The Balaban J connectivity index is 1.98. The van der Waals surface area contributed by atoms with E-state index in [4.69, 9.17) is 0 Å². The van der Waals surface area contributed by atoms with E-state index in [0.29, 0.717) is 0 Å². The first-order valence-electron chi connectivity index (χ1n) is 4.86. The smallest absolute Gasteiger partial charge is 0.0249 e. The number of hydrogen-bond donors (Lipinski definition) is 1. The van der Waals surface area contributed by atoms with E-state index in [1.807, 2.05) is 0 Å². The van der Waals surface area contributed by atoms with Crippen LogP contribution < -0.4 is 5.32 Å². The lowest BCUT2D eigenvalue weighted by molar-refractivity contribution is 0.203. The fraction of sp³-hybridized carbons (Fsp3) is 1.00. The van der Waals surface area contributed by atoms with Crippen LogP contribution in [0.4, 0.5) is 0 Å². The molecule has 2 atom stereocenters. The predicted molar refractivity (Wildman–Crippen MR) is 46.6 cm³/mol. The van der Waals surface area contributed by atoms with Crippen molar-refractivity contribution in [3.63, 3.8) is 0 Å². The SMILES string of the molecule is CCN1CCC2CCNCC21. The molecule has 0 aromatic rings. The highest BCUT2D eigenvalue weighted by Crippen LogP contribution is 2.28. The second-order valence-corrected chi connectivity index (χ2v) is 3.74. The zero-order chi connectivity index (χ0) is 7.68. The van der Waals surface area contributed by atoms with Crippen LogP contribution in [-0.4, -0.2) is 37.1 Å². The topological polar surface area (TPSA) is 15.3 Å². The Kier molecular flexibility index (Phi) is 2.14. The van der Waals surface area contributed by atoms with Gasteiger partial charge in [0.15, 0.2) is 0 Å². The van der Waals surface area contributed by atoms with Crippen LogP contribution in [0.25, 0.3) is 0 Å². The molecule has 64 valence electrons. The average molecular weight is 154 g/mol. The molecule has 2 nitrogen and oxygen atoms in total. The summed E-state index contributed by atoms with van der Waals surface area (Å²) in [5.41, 5.74) is 0. The maximum absolute atomic E-state index is 3.48. The standard InChI is InChI=1S/C9H18N2/c1-2-11-6-4-8-3-5-10-7-9(8)11/h8-10H,2-7H2,1H3. The van der Waals surface area contributed by atoms with Gasteiger partial charge in [-0.25, -0.2) is 0 Å². The Morgan fingerprint density at radius 3 is 3.18 bits per heavy atom. The summed E-state index contributed by atoms with van der Waals surface area (Å²) in [5.74, 6) is 1.01. The summed E-state index contributed by atoms with van der Waals surface area (Å²) in [6.07, 6.45) is 2.85. The van der Waals surface area contributed by atoms with E-state index in [0.717, 1.165) is 12.0 Å². The highest BCUT2D eigenvalue weighted by Gasteiger charge is 2.34. The van der Waals surface area contributed by atoms with Crippen molar-refractivity contribution in [2.45, 2.75) is 25.8 Å². The molecule has 0 amide bonds. The number of rotatable bonds is 1. The number of nitrogens with zero attached hydrogens (tertiary/aromatic N) is 1. The normalized spacial score (nSPS) is 39.0. The van der Waals surface area contributed by atoms with Gasteiger partial charge in [0.2, 0.25) is 0 Å². The number of fused-ring (bicyclic) bond motifs is 1. The molecule has 2 rings (SSSR count). The van der Waals surface area contributed by atoms with Crippen molar-refractivity contribution in [3.05, 3.63) is 0 Å². The molecular formula is C9H18N2. The molecule has 0 bridgehead atoms. The first-order valence-corrected chi connectivity index (χ1v) is 4.86. The van der Waals surface area contributed by atoms with Crippen molar-refractivity contribution in [3.8, 4) is 0 Å². The van der Waals surface area contributed by atoms with Crippen LogP contribution in [0.15, 0.2) is 0 Å². The van der Waals surface area contributed by atoms with Crippen molar-refractivity contribution in [1.29, 1.82) is 0 Å². The molecule has 0 radical (unpaired) electrons. The molecule has 2 heterocycles. The van der Waals surface area contributed by atoms with Gasteiger partial charge < -0.3 is 5.32 Å². The molecule has 1 N–H and O–H groups in total. The van der Waals surface area contributed by atoms with Gasteiger partial charge in [-0.3, -0.25) is 4.90 Å². The minimum absolute atomic E-state index is 0.869. The van der Waals surface area contributed by atoms with Gasteiger partial charge in [0.25, 0.3) is 0 Å². The molecule has 2 heteroatoms. The first-order chi connectivity index (χ1) is 5.42. The van der Waals surface area contributed by atoms with Gasteiger partial charge in [0.05, 0.1) is 0 Å². The fourth-order valence-electron chi connectivity index (χ4n) is 2.55. The van der Waals surface area contributed by atoms with Crippen LogP contribution in [0, 0.1) is 5.92 Å². The molecule has 2 fully saturated rings. The molecule has 2 saturated heterocycles. The minimum atomic E-state index is 0.869. The van der Waals surface area contributed by atoms with Crippen LogP contribution in [0.2, 0.25) is 0 Å². The van der Waals surface area contributed by atoms with Crippen LogP contribution in [0.1, 0.15) is 19.8 Å². The average Bonchev–Trinajstić information content (AvgIpc) is 2.47. The number of piperidine rings is 1. The molecule has 11 heavy (non-hydrogen) atoms. The second-order valence-electron chi connectivity index (χ2n) is 3.74. The summed E-state index contributed by atoms with van der Waals surface area (Å²) < 4.78 is 0. The van der Waals surface area contributed by atoms with Crippen molar-refractivity contribution in [2.75, 3.05) is 26.2 Å². The molecule has 0 aromatic heterocycles. The van der Waals surface area contributed by atoms with Crippen LogP contribution in [0.3, 0.4) is 0 Å². The molecule has 0 aromatic carbocycles. The van der Waals surface area contributed by atoms with E-state index >= 15 is 0 Å². The molecule has 0 aliphatic carbocycles. The predicted octanol–water partition coefficient (Wildman–Crippen LogP) is 0.690. The maximum atomic E-state index is 3.48. The monoisotopic (exact) mass is 154 g/mol. The van der Waals surface area contributed by atoms with Crippen molar-refractivity contribution in [1.82, 2.24) is 10.2 Å². The Morgan fingerprint density at radius 1 is 1.45 bits per heavy atom. The third kappa shape index (κ3) is 1.30. The zero-order valence-electron chi connectivity index (χ0n) is 7.34. The van der Waals surface area contributed by atoms with Crippen molar-refractivity contribution >= 4 is 0 Å². The van der Waals surface area contributed by atoms with Crippen molar-refractivity contribution in [2.24, 2.45) is 5.92 Å². The fourth-order valence-corrected chi connectivity index (χ4v) is 2.55. The van der Waals surface area contributed by atoms with Gasteiger partial charge in [-0.05, 0) is 38.4 Å². The van der Waals surface area contributed by atoms with E-state index in [1.54, 1.807) is 0 Å². The van der Waals surface area contributed by atoms with Gasteiger partial charge in [-0.15, -0.1) is 0 Å². The van der Waals surface area contributed by atoms with Crippen LogP contribution in [-0.2, 0) is 0 Å². The Morgan fingerprint density at radius 2 is 2.36 bits per heavy atom. The summed E-state index contributed by atoms with van der Waals surface area (Å²) >= 11 is 0. The zero-order valence-corrected chi connectivity index (χ0v) is 7.34. The number of nitrogens with one attached hydrogen (secondary N) is 1. The lowest BCUT2D eigenvalue weighted by Gasteiger charge is -2.31. The Bertz CT molecular complexity index is 130. The highest BCUT2D eigenvalue weighted by atomic mass is 15.2. The molecule has 2 aliphatic rings. The summed E-state index contributed by atoms with van der Waals surface area (Å²) in [6.45, 7) is 7.34. The van der Waals surface area contributed by atoms with E-state index in [9.17, 15) is 0 Å². The number of hydrogen-bond acceptors (Lipinski definition) is 2. The largest absolute Gasteiger partial charge is 0.315 e. The van der Waals surface area contributed by atoms with Crippen LogP contribution >= 0.6 is 0 Å². The van der Waals surface area contributed by atoms with E-state index < -0.39 is 0 Å². The summed E-state index contributed by atoms with van der Waals surface area (Å²) in [5, 5.41) is 3.48. The second kappa shape index (κ2) is 3.11. The van der Waals surface area contributed by atoms with E-state index in [1.165, 1.54) is 39.0 Å². The van der Waals surface area contributed by atoms with E-state index in [-0.39, 0.29) is 0 Å². The quantitative estimate of drug-likeness (QED) is 0.598. The van der Waals surface area contributed by atoms with Gasteiger partial charge >= 0.3 is 0 Å². The maximum Gasteiger partial charge on any atom is 0.0249 e. The number of likely N-dealkylation sites (N-methyl/N-ethyl adjacent to an activating group) is 1. The lowest BCUT2D eigenvalue weighted by atomic mass is 9.93. The third-order valence-electron chi connectivity index (χ3n) is 3.25. The highest BCUT2D eigenvalue weighted by molar-refractivity contribution is 4.90. The van der Waals surface area contributed by atoms with Gasteiger partial charge in [0.1, 0.15) is 0 Å². The van der Waals surface area contributed by atoms with Gasteiger partial charge in [-0.1, -0.05) is 6.92 Å². The molecular weight excluding hydrogens is 136 g/mol. The molecule has 0 spiro atoms. The molecule has 2 unspecified atom stereocenters. The van der Waals surface area contributed by atoms with Crippen LogP contribution in [0.5, 0.6) is 0 Å². The van der Waals surface area contributed by atoms with Gasteiger partial charge in [0, 0.05) is 12.6 Å². The summed E-state index contributed by atoms with van der Waals surface area (Å²) in [4.78, 5) is 2.62. The van der Waals surface area contributed by atoms with E-state index in [2.05, 4.69) is 17.1 Å². The molecule has 2 aliphatic heterocycles. The third-order valence-corrected chi connectivity index (χ3v) is 3.25. The lowest BCUT2D eigenvalue weighted by Crippen LogP contribution is -2.45. The Hall–Kier alpha value is -0.0800. The number of likely N-dealkylation sites (tertiary alicyclic amines) is 1. The minimum Gasteiger partial charge on any atom is -0.315 e. The Labute approximate surface area is 69.0 Å². The molecule has 0 saturated carbocycles. The summed E-state index contributed by atoms with van der Waals surface area (Å²) in [6, 6.07) is 0.869.